The number of H-pyrrole nitrogens is 1. The number of aromatic nitrogens is 1. The van der Waals surface area contributed by atoms with Crippen LogP contribution in [0.15, 0.2) is 60.2 Å². The van der Waals surface area contributed by atoms with Gasteiger partial charge in [-0.05, 0) is 56.7 Å². The number of amides is 2. The monoisotopic (exact) mass is 427 g/mol. The van der Waals surface area contributed by atoms with Crippen LogP contribution in [0.2, 0.25) is 0 Å². The van der Waals surface area contributed by atoms with E-state index >= 15 is 0 Å². The Morgan fingerprint density at radius 2 is 1.94 bits per heavy atom. The number of carbonyl (C=O) groups is 2. The number of nitrogens with one attached hydrogen (secondary N) is 2. The number of aryl methyl sites for hydroxylation is 1. The van der Waals surface area contributed by atoms with Crippen LogP contribution in [0.5, 0.6) is 0 Å². The van der Waals surface area contributed by atoms with Gasteiger partial charge in [0.05, 0.1) is 6.04 Å². The Balaban J connectivity index is 1.40. The van der Waals surface area contributed by atoms with Crippen LogP contribution in [-0.4, -0.2) is 34.8 Å². The molecule has 5 nitrogen and oxygen atoms in total. The van der Waals surface area contributed by atoms with Gasteiger partial charge in [-0.2, -0.15) is 0 Å². The van der Waals surface area contributed by atoms with Crippen LogP contribution in [0.4, 0.5) is 0 Å². The Morgan fingerprint density at radius 1 is 1.12 bits per heavy atom. The molecule has 0 saturated carbocycles. The van der Waals surface area contributed by atoms with E-state index in [-0.39, 0.29) is 24.4 Å². The van der Waals surface area contributed by atoms with Gasteiger partial charge in [0.2, 0.25) is 5.91 Å². The summed E-state index contributed by atoms with van der Waals surface area (Å²) in [4.78, 5) is 31.4. The summed E-state index contributed by atoms with van der Waals surface area (Å²) in [5.41, 5.74) is 6.22. The summed E-state index contributed by atoms with van der Waals surface area (Å²) >= 11 is 0. The number of carbonyl (C=O) groups excluding carboxylic acids is 2. The molecule has 3 aromatic rings. The van der Waals surface area contributed by atoms with Crippen LogP contribution in [0.1, 0.15) is 65.3 Å². The number of nitrogens with zero attached hydrogens (tertiary/aromatic N) is 1. The van der Waals surface area contributed by atoms with Gasteiger partial charge in [-0.25, -0.2) is 0 Å². The summed E-state index contributed by atoms with van der Waals surface area (Å²) in [5, 5.41) is 4.13. The number of hydrogen-bond donors (Lipinski definition) is 2. The number of benzene rings is 2. The third-order valence-electron chi connectivity index (χ3n) is 6.74. The summed E-state index contributed by atoms with van der Waals surface area (Å²) in [5.74, 6) is -0.189. The maximum absolute atomic E-state index is 13.3. The first-order chi connectivity index (χ1) is 15.6. The van der Waals surface area contributed by atoms with Crippen LogP contribution >= 0.6 is 0 Å². The molecule has 2 aromatic carbocycles. The highest BCUT2D eigenvalue weighted by Gasteiger charge is 2.40. The Morgan fingerprint density at radius 3 is 2.78 bits per heavy atom. The second-order valence-corrected chi connectivity index (χ2v) is 8.84. The fraction of sp³-hybridized carbons (Fsp3) is 0.333. The van der Waals surface area contributed by atoms with Crippen LogP contribution in [-0.2, 0) is 4.79 Å². The molecule has 0 saturated heterocycles. The first-order valence-electron chi connectivity index (χ1n) is 11.5. The minimum absolute atomic E-state index is 0.0518. The number of allylic oxidation sites excluding steroid dienone is 1. The molecule has 0 radical (unpaired) electrons. The maximum Gasteiger partial charge on any atom is 0.255 e. The van der Waals surface area contributed by atoms with Crippen molar-refractivity contribution in [2.24, 2.45) is 0 Å². The second kappa shape index (κ2) is 8.65. The Kier molecular flexibility index (Phi) is 5.56. The normalized spacial score (nSPS) is 18.0. The fourth-order valence-corrected chi connectivity index (χ4v) is 5.20. The highest BCUT2D eigenvalue weighted by molar-refractivity contribution is 6.02. The van der Waals surface area contributed by atoms with Crippen LogP contribution in [0.3, 0.4) is 0 Å². The van der Waals surface area contributed by atoms with E-state index in [2.05, 4.69) is 22.4 Å². The third kappa shape index (κ3) is 3.72. The first-order valence-corrected chi connectivity index (χ1v) is 11.5. The molecule has 1 aliphatic carbocycles. The minimum atomic E-state index is -0.276. The lowest BCUT2D eigenvalue weighted by atomic mass is 9.95. The van der Waals surface area contributed by atoms with Gasteiger partial charge in [-0.15, -0.1) is 0 Å². The number of para-hydroxylation sites is 1. The van der Waals surface area contributed by atoms with Crippen molar-refractivity contribution in [3.05, 3.63) is 82.6 Å². The van der Waals surface area contributed by atoms with Gasteiger partial charge in [0, 0.05) is 34.3 Å². The van der Waals surface area contributed by atoms with Crippen molar-refractivity contribution in [3.8, 4) is 0 Å². The largest absolute Gasteiger partial charge is 0.358 e. The Hall–Kier alpha value is -3.34. The Bertz CT molecular complexity index is 1210. The molecule has 2 N–H and O–H groups in total. The molecule has 1 atom stereocenters. The van der Waals surface area contributed by atoms with Crippen molar-refractivity contribution in [2.45, 2.75) is 45.1 Å². The molecule has 5 heteroatoms. The highest BCUT2D eigenvalue weighted by Crippen LogP contribution is 2.42. The molecular formula is C27H29N3O2. The number of rotatable bonds is 6. The van der Waals surface area contributed by atoms with E-state index < -0.39 is 0 Å². The van der Waals surface area contributed by atoms with E-state index in [1.807, 2.05) is 49.4 Å². The van der Waals surface area contributed by atoms with Gasteiger partial charge < -0.3 is 15.2 Å². The fourth-order valence-electron chi connectivity index (χ4n) is 5.20. The minimum Gasteiger partial charge on any atom is -0.358 e. The molecule has 32 heavy (non-hydrogen) atoms. The van der Waals surface area contributed by atoms with Crippen molar-refractivity contribution in [3.63, 3.8) is 0 Å². The van der Waals surface area contributed by atoms with Crippen LogP contribution in [0, 0.1) is 6.92 Å². The number of aromatic amines is 1. The average Bonchev–Trinajstić information content (AvgIpc) is 3.28. The van der Waals surface area contributed by atoms with E-state index in [9.17, 15) is 9.59 Å². The molecule has 0 bridgehead atoms. The zero-order chi connectivity index (χ0) is 22.1. The van der Waals surface area contributed by atoms with Gasteiger partial charge in [-0.1, -0.05) is 48.0 Å². The summed E-state index contributed by atoms with van der Waals surface area (Å²) in [6.45, 7) is 2.71. The topological polar surface area (TPSA) is 65.2 Å². The summed E-state index contributed by atoms with van der Waals surface area (Å²) in [6.07, 6.45) is 8.00. The van der Waals surface area contributed by atoms with E-state index in [0.29, 0.717) is 12.1 Å². The van der Waals surface area contributed by atoms with Crippen LogP contribution in [0.25, 0.3) is 10.9 Å². The van der Waals surface area contributed by atoms with Crippen molar-refractivity contribution < 1.29 is 9.59 Å². The predicted molar refractivity (Wildman–Crippen MR) is 127 cm³/mol. The SMILES string of the molecule is Cc1[nH]c2ccccc2c1[C@H]1c2ccccc2C(=O)N1CC(=O)NCCC1=CCCCC1. The smallest absolute Gasteiger partial charge is 0.255 e. The molecule has 1 aromatic heterocycles. The van der Waals surface area contributed by atoms with Crippen molar-refractivity contribution >= 4 is 22.7 Å². The van der Waals surface area contributed by atoms with E-state index in [1.165, 1.54) is 18.4 Å². The van der Waals surface area contributed by atoms with E-state index in [1.54, 1.807) is 4.90 Å². The second-order valence-electron chi connectivity index (χ2n) is 8.84. The molecule has 0 spiro atoms. The van der Waals surface area contributed by atoms with Crippen molar-refractivity contribution in [1.82, 2.24) is 15.2 Å². The van der Waals surface area contributed by atoms with Crippen LogP contribution < -0.4 is 5.32 Å². The molecule has 0 unspecified atom stereocenters. The third-order valence-corrected chi connectivity index (χ3v) is 6.74. The van der Waals surface area contributed by atoms with Gasteiger partial charge in [0.1, 0.15) is 6.54 Å². The van der Waals surface area contributed by atoms with Crippen molar-refractivity contribution in [1.29, 1.82) is 0 Å². The summed E-state index contributed by atoms with van der Waals surface area (Å²) in [7, 11) is 0. The highest BCUT2D eigenvalue weighted by atomic mass is 16.2. The molecule has 2 heterocycles. The molecule has 2 aliphatic rings. The lowest BCUT2D eigenvalue weighted by molar-refractivity contribution is -0.122. The molecule has 5 rings (SSSR count). The quantitative estimate of drug-likeness (QED) is 0.542. The van der Waals surface area contributed by atoms with Gasteiger partial charge >= 0.3 is 0 Å². The maximum atomic E-state index is 13.3. The van der Waals surface area contributed by atoms with E-state index in [0.717, 1.165) is 47.0 Å². The average molecular weight is 428 g/mol. The van der Waals surface area contributed by atoms with Gasteiger partial charge in [0.25, 0.3) is 5.91 Å². The standard InChI is InChI=1S/C27H29N3O2/c1-18-25(22-13-7-8-14-23(22)29-18)26-20-11-5-6-12-21(20)27(32)30(26)17-24(31)28-16-15-19-9-3-2-4-10-19/h5-9,11-14,26,29H,2-4,10,15-17H2,1H3,(H,28,31)/t26-/m1/s1. The van der Waals surface area contributed by atoms with E-state index in [4.69, 9.17) is 0 Å². The zero-order valence-corrected chi connectivity index (χ0v) is 18.5. The summed E-state index contributed by atoms with van der Waals surface area (Å²) in [6, 6.07) is 15.6. The molecule has 1 aliphatic heterocycles. The summed E-state index contributed by atoms with van der Waals surface area (Å²) < 4.78 is 0. The molecule has 164 valence electrons. The number of fused-ring (bicyclic) bond motifs is 2. The molecular weight excluding hydrogens is 398 g/mol. The van der Waals surface area contributed by atoms with Gasteiger partial charge in [0.15, 0.2) is 0 Å². The van der Waals surface area contributed by atoms with Crippen molar-refractivity contribution in [2.75, 3.05) is 13.1 Å². The predicted octanol–water partition coefficient (Wildman–Crippen LogP) is 5.03. The molecule has 0 fully saturated rings. The Labute approximate surface area is 188 Å². The lowest BCUT2D eigenvalue weighted by Gasteiger charge is -2.26. The molecule has 2 amide bonds. The lowest BCUT2D eigenvalue weighted by Crippen LogP contribution is -2.40. The first kappa shape index (κ1) is 20.6. The van der Waals surface area contributed by atoms with Gasteiger partial charge in [-0.3, -0.25) is 9.59 Å². The number of hydrogen-bond acceptors (Lipinski definition) is 2. The zero-order valence-electron chi connectivity index (χ0n) is 18.5.